The second kappa shape index (κ2) is 8.53. The third kappa shape index (κ3) is 5.72. The molecule has 1 rings (SSSR count). The molecule has 0 fully saturated rings. The van der Waals surface area contributed by atoms with E-state index in [2.05, 4.69) is 26.1 Å². The Morgan fingerprint density at radius 2 is 1.75 bits per heavy atom. The van der Waals surface area contributed by atoms with Crippen LogP contribution < -0.4 is 10.1 Å². The van der Waals surface area contributed by atoms with Gasteiger partial charge in [0.1, 0.15) is 11.9 Å². The summed E-state index contributed by atoms with van der Waals surface area (Å²) in [7, 11) is 0. The van der Waals surface area contributed by atoms with Crippen LogP contribution in [0.1, 0.15) is 44.7 Å². The Hall–Kier alpha value is -0.730. The molecule has 1 N–H and O–H groups in total. The minimum atomic E-state index is 0.221. The maximum absolute atomic E-state index is 6.20. The molecule has 0 aromatic heterocycles. The molecule has 0 radical (unpaired) electrons. The van der Waals surface area contributed by atoms with Crippen molar-refractivity contribution in [3.8, 4) is 5.75 Å². The lowest BCUT2D eigenvalue weighted by atomic mass is 10.1. The van der Waals surface area contributed by atoms with E-state index in [1.807, 2.05) is 26.0 Å². The molecule has 1 atom stereocenters. The lowest BCUT2D eigenvalue weighted by molar-refractivity contribution is 0.185. The number of rotatable bonds is 8. The summed E-state index contributed by atoms with van der Waals surface area (Å²) in [6, 6.07) is 4.06. The van der Waals surface area contributed by atoms with Crippen LogP contribution in [0.2, 0.25) is 5.02 Å². The van der Waals surface area contributed by atoms with E-state index in [1.165, 1.54) is 0 Å². The smallest absolute Gasteiger partial charge is 0.120 e. The molecule has 0 bridgehead atoms. The van der Waals surface area contributed by atoms with Gasteiger partial charge in [0.25, 0.3) is 0 Å². The summed E-state index contributed by atoms with van der Waals surface area (Å²) < 4.78 is 6.13. The number of halogens is 1. The molecule has 0 aliphatic carbocycles. The molecule has 1 unspecified atom stereocenters. The zero-order valence-electron chi connectivity index (χ0n) is 13.4. The summed E-state index contributed by atoms with van der Waals surface area (Å²) in [5.74, 6) is 1.59. The Morgan fingerprint density at radius 3 is 2.25 bits per heavy atom. The van der Waals surface area contributed by atoms with Crippen LogP contribution >= 0.6 is 11.6 Å². The van der Waals surface area contributed by atoms with E-state index in [0.29, 0.717) is 5.92 Å². The second-order valence-electron chi connectivity index (χ2n) is 5.95. The van der Waals surface area contributed by atoms with Crippen LogP contribution in [0.4, 0.5) is 0 Å². The molecule has 0 aliphatic heterocycles. The first-order valence-corrected chi connectivity index (χ1v) is 7.96. The van der Waals surface area contributed by atoms with E-state index >= 15 is 0 Å². The van der Waals surface area contributed by atoms with E-state index in [0.717, 1.165) is 47.8 Å². The van der Waals surface area contributed by atoms with E-state index in [-0.39, 0.29) is 6.10 Å². The average Bonchev–Trinajstić information content (AvgIpc) is 2.35. The largest absolute Gasteiger partial charge is 0.489 e. The van der Waals surface area contributed by atoms with Gasteiger partial charge in [-0.3, -0.25) is 0 Å². The van der Waals surface area contributed by atoms with Crippen LogP contribution in [0, 0.1) is 19.8 Å². The summed E-state index contributed by atoms with van der Waals surface area (Å²) in [6.07, 6.45) is 2.41. The van der Waals surface area contributed by atoms with Gasteiger partial charge in [0.2, 0.25) is 0 Å². The number of ether oxygens (including phenoxy) is 1. The van der Waals surface area contributed by atoms with Gasteiger partial charge in [-0.2, -0.15) is 0 Å². The number of hydrogen-bond acceptors (Lipinski definition) is 2. The maximum atomic E-state index is 6.20. The normalized spacial score (nSPS) is 12.8. The summed E-state index contributed by atoms with van der Waals surface area (Å²) in [6.45, 7) is 12.6. The van der Waals surface area contributed by atoms with Gasteiger partial charge in [-0.25, -0.2) is 0 Å². The van der Waals surface area contributed by atoms with Crippen molar-refractivity contribution in [2.45, 2.75) is 53.6 Å². The molecule has 0 spiro atoms. The van der Waals surface area contributed by atoms with E-state index < -0.39 is 0 Å². The Bertz CT molecular complexity index is 394. The van der Waals surface area contributed by atoms with Crippen LogP contribution in [-0.4, -0.2) is 19.2 Å². The molecule has 0 heterocycles. The van der Waals surface area contributed by atoms with Crippen molar-refractivity contribution in [3.05, 3.63) is 28.3 Å². The predicted molar refractivity (Wildman–Crippen MR) is 88.0 cm³/mol. The van der Waals surface area contributed by atoms with Crippen molar-refractivity contribution in [3.63, 3.8) is 0 Å². The van der Waals surface area contributed by atoms with E-state index in [4.69, 9.17) is 16.3 Å². The SMILES string of the molecule is CCCC(CNCC(C)C)Oc1cc(C)c(Cl)c(C)c1. The Morgan fingerprint density at radius 1 is 1.15 bits per heavy atom. The van der Waals surface area contributed by atoms with Gasteiger partial charge >= 0.3 is 0 Å². The highest BCUT2D eigenvalue weighted by atomic mass is 35.5. The molecule has 114 valence electrons. The van der Waals surface area contributed by atoms with Gasteiger partial charge in [0.05, 0.1) is 0 Å². The first-order valence-electron chi connectivity index (χ1n) is 7.58. The van der Waals surface area contributed by atoms with Gasteiger partial charge in [-0.05, 0) is 56.0 Å². The summed E-state index contributed by atoms with van der Waals surface area (Å²) in [4.78, 5) is 0. The van der Waals surface area contributed by atoms with Crippen molar-refractivity contribution < 1.29 is 4.74 Å². The number of aryl methyl sites for hydroxylation is 2. The lowest BCUT2D eigenvalue weighted by Gasteiger charge is -2.21. The molecule has 0 aliphatic rings. The second-order valence-corrected chi connectivity index (χ2v) is 6.33. The van der Waals surface area contributed by atoms with Crippen molar-refractivity contribution in [1.29, 1.82) is 0 Å². The van der Waals surface area contributed by atoms with Gasteiger partial charge in [-0.15, -0.1) is 0 Å². The van der Waals surface area contributed by atoms with Crippen LogP contribution in [0.3, 0.4) is 0 Å². The minimum Gasteiger partial charge on any atom is -0.489 e. The third-order valence-corrected chi connectivity index (χ3v) is 3.84. The van der Waals surface area contributed by atoms with Crippen molar-refractivity contribution in [2.75, 3.05) is 13.1 Å². The van der Waals surface area contributed by atoms with Gasteiger partial charge < -0.3 is 10.1 Å². The predicted octanol–water partition coefficient (Wildman–Crippen LogP) is 4.75. The summed E-state index contributed by atoms with van der Waals surface area (Å²) >= 11 is 6.20. The molecule has 20 heavy (non-hydrogen) atoms. The maximum Gasteiger partial charge on any atom is 0.120 e. The fourth-order valence-corrected chi connectivity index (χ4v) is 2.33. The minimum absolute atomic E-state index is 0.221. The molecular formula is C17H28ClNO. The highest BCUT2D eigenvalue weighted by Crippen LogP contribution is 2.26. The van der Waals surface area contributed by atoms with Crippen LogP contribution in [0.15, 0.2) is 12.1 Å². The highest BCUT2D eigenvalue weighted by molar-refractivity contribution is 6.32. The van der Waals surface area contributed by atoms with Crippen molar-refractivity contribution >= 4 is 11.6 Å². The molecule has 1 aromatic rings. The lowest BCUT2D eigenvalue weighted by Crippen LogP contribution is -2.33. The topological polar surface area (TPSA) is 21.3 Å². The summed E-state index contributed by atoms with van der Waals surface area (Å²) in [5.41, 5.74) is 2.15. The first-order chi connectivity index (χ1) is 9.43. The molecule has 3 heteroatoms. The molecule has 0 saturated carbocycles. The average molecular weight is 298 g/mol. The Labute approximate surface area is 128 Å². The Balaban J connectivity index is 2.65. The van der Waals surface area contributed by atoms with Gasteiger partial charge in [-0.1, -0.05) is 38.8 Å². The van der Waals surface area contributed by atoms with Crippen molar-refractivity contribution in [2.24, 2.45) is 5.92 Å². The standard InChI is InChI=1S/C17H28ClNO/c1-6-7-15(11-19-10-12(2)3)20-16-8-13(4)17(18)14(5)9-16/h8-9,12,15,19H,6-7,10-11H2,1-5H3. The van der Waals surface area contributed by atoms with Gasteiger partial charge in [0, 0.05) is 11.6 Å². The first kappa shape index (κ1) is 17.3. The quantitative estimate of drug-likeness (QED) is 0.747. The third-order valence-electron chi connectivity index (χ3n) is 3.25. The molecular weight excluding hydrogens is 270 g/mol. The monoisotopic (exact) mass is 297 g/mol. The summed E-state index contributed by atoms with van der Waals surface area (Å²) in [5, 5.41) is 4.32. The fraction of sp³-hybridized carbons (Fsp3) is 0.647. The van der Waals surface area contributed by atoms with Crippen LogP contribution in [-0.2, 0) is 0 Å². The number of hydrogen-bond donors (Lipinski definition) is 1. The van der Waals surface area contributed by atoms with Gasteiger partial charge in [0.15, 0.2) is 0 Å². The van der Waals surface area contributed by atoms with E-state index in [9.17, 15) is 0 Å². The fourth-order valence-electron chi connectivity index (χ4n) is 2.22. The number of benzene rings is 1. The van der Waals surface area contributed by atoms with Crippen LogP contribution in [0.5, 0.6) is 5.75 Å². The van der Waals surface area contributed by atoms with Crippen LogP contribution in [0.25, 0.3) is 0 Å². The molecule has 0 amide bonds. The molecule has 0 saturated heterocycles. The Kier molecular flexibility index (Phi) is 7.39. The zero-order valence-corrected chi connectivity index (χ0v) is 14.2. The highest BCUT2D eigenvalue weighted by Gasteiger charge is 2.11. The molecule has 1 aromatic carbocycles. The zero-order chi connectivity index (χ0) is 15.1. The molecule has 2 nitrogen and oxygen atoms in total. The van der Waals surface area contributed by atoms with Crippen molar-refractivity contribution in [1.82, 2.24) is 5.32 Å². The number of nitrogens with one attached hydrogen (secondary N) is 1. The van der Waals surface area contributed by atoms with E-state index in [1.54, 1.807) is 0 Å².